The van der Waals surface area contributed by atoms with E-state index in [0.717, 1.165) is 18.0 Å². The molecule has 1 rings (SSSR count). The van der Waals surface area contributed by atoms with Gasteiger partial charge in [0.2, 0.25) is 0 Å². The maximum Gasteiger partial charge on any atom is 0.175 e. The normalized spacial score (nSPS) is 10.8. The fraction of sp³-hybridized carbons (Fsp3) is 0.333. The minimum absolute atomic E-state index is 0.338. The molecule has 0 saturated carbocycles. The lowest BCUT2D eigenvalue weighted by Gasteiger charge is -2.06. The van der Waals surface area contributed by atoms with Crippen molar-refractivity contribution in [2.24, 2.45) is 0 Å². The Morgan fingerprint density at radius 2 is 2.00 bits per heavy atom. The Morgan fingerprint density at radius 3 is 2.53 bits per heavy atom. The second-order valence-corrected chi connectivity index (χ2v) is 6.60. The first-order valence-electron chi connectivity index (χ1n) is 5.09. The number of nitrogens with one attached hydrogen (secondary N) is 1. The van der Waals surface area contributed by atoms with Crippen LogP contribution in [0.4, 0.5) is 5.69 Å². The first kappa shape index (κ1) is 13.9. The summed E-state index contributed by atoms with van der Waals surface area (Å²) in [6, 6.07) is 6.74. The molecule has 1 N–H and O–H groups in total. The third kappa shape index (κ3) is 5.16. The van der Waals surface area contributed by atoms with Crippen molar-refractivity contribution in [3.63, 3.8) is 0 Å². The Balaban J connectivity index is 2.44. The molecule has 92 valence electrons. The van der Waals surface area contributed by atoms with Gasteiger partial charge in [-0.25, -0.2) is 8.42 Å². The summed E-state index contributed by atoms with van der Waals surface area (Å²) in [5.41, 5.74) is 0.915. The molecule has 0 aliphatic carbocycles. The molecule has 0 aromatic heterocycles. The van der Waals surface area contributed by atoms with Crippen molar-refractivity contribution < 1.29 is 8.42 Å². The Kier molecular flexibility index (Phi) is 5.39. The number of hydrogen-bond acceptors (Lipinski definition) is 4. The van der Waals surface area contributed by atoms with E-state index < -0.39 is 9.84 Å². The fourth-order valence-electron chi connectivity index (χ4n) is 1.22. The van der Waals surface area contributed by atoms with Crippen molar-refractivity contribution >= 4 is 27.3 Å². The van der Waals surface area contributed by atoms with Gasteiger partial charge in [0.05, 0.1) is 10.6 Å². The number of terminal acetylenes is 1. The molecule has 0 aliphatic heterocycles. The van der Waals surface area contributed by atoms with E-state index in [4.69, 9.17) is 6.42 Å². The highest BCUT2D eigenvalue weighted by Crippen LogP contribution is 2.13. The Labute approximate surface area is 107 Å². The first-order chi connectivity index (χ1) is 8.04. The van der Waals surface area contributed by atoms with Crippen LogP contribution in [-0.4, -0.2) is 32.7 Å². The van der Waals surface area contributed by atoms with Crippen LogP contribution in [0.25, 0.3) is 0 Å². The molecule has 0 fully saturated rings. The molecule has 0 amide bonds. The first-order valence-corrected chi connectivity index (χ1v) is 8.14. The molecule has 0 bridgehead atoms. The lowest BCUT2D eigenvalue weighted by molar-refractivity contribution is 0.602. The van der Waals surface area contributed by atoms with E-state index in [9.17, 15) is 8.42 Å². The summed E-state index contributed by atoms with van der Waals surface area (Å²) in [7, 11) is -3.11. The highest BCUT2D eigenvalue weighted by molar-refractivity contribution is 7.99. The van der Waals surface area contributed by atoms with Crippen LogP contribution < -0.4 is 5.32 Å². The quantitative estimate of drug-likeness (QED) is 0.632. The third-order valence-electron chi connectivity index (χ3n) is 2.04. The van der Waals surface area contributed by atoms with Crippen molar-refractivity contribution in [1.29, 1.82) is 0 Å². The van der Waals surface area contributed by atoms with E-state index in [1.54, 1.807) is 36.0 Å². The van der Waals surface area contributed by atoms with E-state index in [1.807, 2.05) is 0 Å². The van der Waals surface area contributed by atoms with Crippen LogP contribution >= 0.6 is 11.8 Å². The summed E-state index contributed by atoms with van der Waals surface area (Å²) in [4.78, 5) is 0.338. The molecule has 1 aromatic rings. The molecule has 0 aliphatic rings. The zero-order valence-corrected chi connectivity index (χ0v) is 11.3. The summed E-state index contributed by atoms with van der Waals surface area (Å²) in [5, 5.41) is 3.20. The average molecular weight is 269 g/mol. The summed E-state index contributed by atoms with van der Waals surface area (Å²) in [6.07, 6.45) is 6.33. The average Bonchev–Trinajstić information content (AvgIpc) is 2.28. The van der Waals surface area contributed by atoms with Crippen LogP contribution in [0.2, 0.25) is 0 Å². The third-order valence-corrected chi connectivity index (χ3v) is 4.04. The predicted octanol–water partition coefficient (Wildman–Crippen LogP) is 1.87. The summed E-state index contributed by atoms with van der Waals surface area (Å²) >= 11 is 1.69. The SMILES string of the molecule is C#CCSCCNc1ccc(S(C)(=O)=O)cc1. The lowest BCUT2D eigenvalue weighted by atomic mass is 10.3. The monoisotopic (exact) mass is 269 g/mol. The van der Waals surface area contributed by atoms with Crippen molar-refractivity contribution in [3.8, 4) is 12.3 Å². The highest BCUT2D eigenvalue weighted by atomic mass is 32.2. The zero-order valence-electron chi connectivity index (χ0n) is 9.64. The molecule has 0 spiro atoms. The van der Waals surface area contributed by atoms with Crippen LogP contribution in [0.5, 0.6) is 0 Å². The minimum Gasteiger partial charge on any atom is -0.384 e. The predicted molar refractivity (Wildman–Crippen MR) is 74.2 cm³/mol. The number of hydrogen-bond donors (Lipinski definition) is 1. The number of anilines is 1. The van der Waals surface area contributed by atoms with Gasteiger partial charge in [-0.3, -0.25) is 0 Å². The van der Waals surface area contributed by atoms with E-state index >= 15 is 0 Å². The number of benzene rings is 1. The maximum absolute atomic E-state index is 11.2. The van der Waals surface area contributed by atoms with Crippen LogP contribution in [0.3, 0.4) is 0 Å². The fourth-order valence-corrected chi connectivity index (χ4v) is 2.36. The Morgan fingerprint density at radius 1 is 1.35 bits per heavy atom. The summed E-state index contributed by atoms with van der Waals surface area (Å²) in [5.74, 6) is 4.20. The standard InChI is InChI=1S/C12H15NO2S2/c1-3-9-16-10-8-13-11-4-6-12(7-5-11)17(2,14)15/h1,4-7,13H,8-10H2,2H3. The van der Waals surface area contributed by atoms with Gasteiger partial charge in [0.25, 0.3) is 0 Å². The second-order valence-electron chi connectivity index (χ2n) is 3.48. The molecule has 0 heterocycles. The van der Waals surface area contributed by atoms with Gasteiger partial charge in [0.1, 0.15) is 0 Å². The highest BCUT2D eigenvalue weighted by Gasteiger charge is 2.05. The molecule has 0 unspecified atom stereocenters. The van der Waals surface area contributed by atoms with E-state index in [-0.39, 0.29) is 0 Å². The van der Waals surface area contributed by atoms with E-state index in [0.29, 0.717) is 10.6 Å². The Hall–Kier alpha value is -1.12. The molecule has 0 atom stereocenters. The van der Waals surface area contributed by atoms with Crippen LogP contribution in [0, 0.1) is 12.3 Å². The van der Waals surface area contributed by atoms with Crippen molar-refractivity contribution in [2.45, 2.75) is 4.90 Å². The largest absolute Gasteiger partial charge is 0.384 e. The lowest BCUT2D eigenvalue weighted by Crippen LogP contribution is -2.04. The van der Waals surface area contributed by atoms with E-state index in [2.05, 4.69) is 11.2 Å². The molecule has 0 saturated heterocycles. The zero-order chi connectivity index (χ0) is 12.7. The molecule has 3 nitrogen and oxygen atoms in total. The molecule has 0 radical (unpaired) electrons. The Bertz CT molecular complexity index is 486. The maximum atomic E-state index is 11.2. The van der Waals surface area contributed by atoms with Crippen molar-refractivity contribution in [3.05, 3.63) is 24.3 Å². The second kappa shape index (κ2) is 6.58. The van der Waals surface area contributed by atoms with Gasteiger partial charge in [0, 0.05) is 24.2 Å². The van der Waals surface area contributed by atoms with Gasteiger partial charge in [0.15, 0.2) is 9.84 Å². The van der Waals surface area contributed by atoms with Crippen LogP contribution in [0.1, 0.15) is 0 Å². The van der Waals surface area contributed by atoms with E-state index in [1.165, 1.54) is 6.26 Å². The molecule has 17 heavy (non-hydrogen) atoms. The van der Waals surface area contributed by atoms with Gasteiger partial charge in [-0.2, -0.15) is 0 Å². The topological polar surface area (TPSA) is 46.2 Å². The van der Waals surface area contributed by atoms with Crippen molar-refractivity contribution in [2.75, 3.05) is 29.6 Å². The van der Waals surface area contributed by atoms with Gasteiger partial charge in [-0.1, -0.05) is 5.92 Å². The minimum atomic E-state index is -3.11. The van der Waals surface area contributed by atoms with Crippen molar-refractivity contribution in [1.82, 2.24) is 0 Å². The smallest absolute Gasteiger partial charge is 0.175 e. The number of thioether (sulfide) groups is 1. The van der Waals surface area contributed by atoms with Gasteiger partial charge in [-0.15, -0.1) is 18.2 Å². The van der Waals surface area contributed by atoms with Crippen LogP contribution in [0.15, 0.2) is 29.2 Å². The van der Waals surface area contributed by atoms with Gasteiger partial charge in [-0.05, 0) is 24.3 Å². The number of rotatable bonds is 6. The summed E-state index contributed by atoms with van der Waals surface area (Å²) in [6.45, 7) is 0.810. The number of sulfone groups is 1. The molecular formula is C12H15NO2S2. The van der Waals surface area contributed by atoms with Crippen LogP contribution in [-0.2, 0) is 9.84 Å². The molecule has 1 aromatic carbocycles. The molecular weight excluding hydrogens is 254 g/mol. The summed E-state index contributed by atoms with van der Waals surface area (Å²) < 4.78 is 22.5. The van der Waals surface area contributed by atoms with Gasteiger partial charge >= 0.3 is 0 Å². The molecule has 5 heteroatoms. The van der Waals surface area contributed by atoms with Gasteiger partial charge < -0.3 is 5.32 Å².